The zero-order valence-electron chi connectivity index (χ0n) is 10.7. The molecule has 0 rings (SSSR count). The molecule has 2 N–H and O–H groups in total. The van der Waals surface area contributed by atoms with E-state index in [1.165, 1.54) is 0 Å². The van der Waals surface area contributed by atoms with Crippen molar-refractivity contribution in [3.63, 3.8) is 0 Å². The molecule has 0 bridgehead atoms. The average molecular weight is 226 g/mol. The SMILES string of the molecule is C=CCC(N)C(=O)N(CCCC)CCCC. The third-order valence-corrected chi connectivity index (χ3v) is 2.61. The first kappa shape index (κ1) is 15.2. The van der Waals surface area contributed by atoms with Gasteiger partial charge in [-0.2, -0.15) is 0 Å². The van der Waals surface area contributed by atoms with Gasteiger partial charge in [0.05, 0.1) is 6.04 Å². The molecule has 0 radical (unpaired) electrons. The Bertz CT molecular complexity index is 196. The molecule has 0 aliphatic heterocycles. The molecular formula is C13H26N2O. The van der Waals surface area contributed by atoms with E-state index in [-0.39, 0.29) is 5.91 Å². The van der Waals surface area contributed by atoms with Gasteiger partial charge in [-0.05, 0) is 19.3 Å². The highest BCUT2D eigenvalue weighted by atomic mass is 16.2. The van der Waals surface area contributed by atoms with Gasteiger partial charge in [-0.25, -0.2) is 0 Å². The van der Waals surface area contributed by atoms with Crippen LogP contribution in [0.3, 0.4) is 0 Å². The summed E-state index contributed by atoms with van der Waals surface area (Å²) in [6.07, 6.45) is 6.58. The summed E-state index contributed by atoms with van der Waals surface area (Å²) in [6, 6.07) is -0.411. The highest BCUT2D eigenvalue weighted by Crippen LogP contribution is 2.03. The Hall–Kier alpha value is -0.830. The van der Waals surface area contributed by atoms with Crippen molar-refractivity contribution in [3.8, 4) is 0 Å². The van der Waals surface area contributed by atoms with Gasteiger partial charge in [-0.1, -0.05) is 32.8 Å². The van der Waals surface area contributed by atoms with Gasteiger partial charge in [0.15, 0.2) is 0 Å². The fourth-order valence-corrected chi connectivity index (χ4v) is 1.55. The van der Waals surface area contributed by atoms with Crippen LogP contribution in [0.25, 0.3) is 0 Å². The van der Waals surface area contributed by atoms with Crippen LogP contribution < -0.4 is 5.73 Å². The average Bonchev–Trinajstić information content (AvgIpc) is 2.29. The van der Waals surface area contributed by atoms with Crippen molar-refractivity contribution in [3.05, 3.63) is 12.7 Å². The number of hydrogen-bond acceptors (Lipinski definition) is 2. The van der Waals surface area contributed by atoms with Crippen LogP contribution in [-0.2, 0) is 4.79 Å². The Morgan fingerprint density at radius 2 is 1.81 bits per heavy atom. The molecule has 0 aromatic rings. The maximum atomic E-state index is 12.0. The topological polar surface area (TPSA) is 46.3 Å². The summed E-state index contributed by atoms with van der Waals surface area (Å²) in [6.45, 7) is 9.55. The fraction of sp³-hybridized carbons (Fsp3) is 0.769. The molecule has 0 aliphatic carbocycles. The summed E-state index contributed by atoms with van der Waals surface area (Å²) >= 11 is 0. The molecule has 0 aromatic carbocycles. The number of nitrogens with zero attached hydrogens (tertiary/aromatic N) is 1. The molecule has 0 saturated carbocycles. The molecule has 0 heterocycles. The van der Waals surface area contributed by atoms with E-state index < -0.39 is 6.04 Å². The number of hydrogen-bond donors (Lipinski definition) is 1. The second-order valence-corrected chi connectivity index (χ2v) is 4.16. The van der Waals surface area contributed by atoms with Gasteiger partial charge in [0, 0.05) is 13.1 Å². The van der Waals surface area contributed by atoms with Crippen LogP contribution in [0.15, 0.2) is 12.7 Å². The standard InChI is InChI=1S/C13H26N2O/c1-4-7-10-15(11-8-5-2)13(16)12(14)9-6-3/h6,12H,3-5,7-11,14H2,1-2H3. The van der Waals surface area contributed by atoms with Gasteiger partial charge in [0.25, 0.3) is 0 Å². The minimum atomic E-state index is -0.411. The van der Waals surface area contributed by atoms with Crippen molar-refractivity contribution < 1.29 is 4.79 Å². The lowest BCUT2D eigenvalue weighted by Crippen LogP contribution is -2.44. The van der Waals surface area contributed by atoms with Crippen LogP contribution in [0, 0.1) is 0 Å². The lowest BCUT2D eigenvalue weighted by Gasteiger charge is -2.25. The molecular weight excluding hydrogens is 200 g/mol. The highest BCUT2D eigenvalue weighted by molar-refractivity contribution is 5.81. The van der Waals surface area contributed by atoms with Crippen molar-refractivity contribution in [1.82, 2.24) is 4.90 Å². The number of carbonyl (C=O) groups excluding carboxylic acids is 1. The van der Waals surface area contributed by atoms with Crippen molar-refractivity contribution in [2.45, 2.75) is 52.0 Å². The number of rotatable bonds is 9. The number of unbranched alkanes of at least 4 members (excludes halogenated alkanes) is 2. The second kappa shape index (κ2) is 9.40. The van der Waals surface area contributed by atoms with E-state index in [2.05, 4.69) is 20.4 Å². The summed E-state index contributed by atoms with van der Waals surface area (Å²) in [7, 11) is 0. The molecule has 16 heavy (non-hydrogen) atoms. The molecule has 94 valence electrons. The largest absolute Gasteiger partial charge is 0.341 e. The Morgan fingerprint density at radius 1 is 1.31 bits per heavy atom. The van der Waals surface area contributed by atoms with Gasteiger partial charge in [-0.15, -0.1) is 6.58 Å². The maximum absolute atomic E-state index is 12.0. The molecule has 1 amide bonds. The third kappa shape index (κ3) is 5.91. The third-order valence-electron chi connectivity index (χ3n) is 2.61. The summed E-state index contributed by atoms with van der Waals surface area (Å²) in [5.41, 5.74) is 5.81. The zero-order valence-corrected chi connectivity index (χ0v) is 10.7. The number of amides is 1. The lowest BCUT2D eigenvalue weighted by molar-refractivity contribution is -0.132. The molecule has 0 aromatic heterocycles. The molecule has 1 atom stereocenters. The minimum absolute atomic E-state index is 0.0711. The molecule has 3 nitrogen and oxygen atoms in total. The van der Waals surface area contributed by atoms with E-state index in [9.17, 15) is 4.79 Å². The zero-order chi connectivity index (χ0) is 12.4. The molecule has 0 aliphatic rings. The van der Waals surface area contributed by atoms with Gasteiger partial charge in [0.1, 0.15) is 0 Å². The molecule has 0 fully saturated rings. The predicted octanol–water partition coefficient (Wildman–Crippen LogP) is 2.32. The second-order valence-electron chi connectivity index (χ2n) is 4.16. The first-order chi connectivity index (χ1) is 7.67. The van der Waals surface area contributed by atoms with Crippen LogP contribution in [-0.4, -0.2) is 29.9 Å². The van der Waals surface area contributed by atoms with Crippen LogP contribution >= 0.6 is 0 Å². The van der Waals surface area contributed by atoms with E-state index in [1.54, 1.807) is 6.08 Å². The quantitative estimate of drug-likeness (QED) is 0.613. The van der Waals surface area contributed by atoms with E-state index >= 15 is 0 Å². The van der Waals surface area contributed by atoms with Crippen LogP contribution in [0.2, 0.25) is 0 Å². The van der Waals surface area contributed by atoms with Gasteiger partial charge < -0.3 is 10.6 Å². The first-order valence-corrected chi connectivity index (χ1v) is 6.32. The smallest absolute Gasteiger partial charge is 0.239 e. The Balaban J connectivity index is 4.23. The van der Waals surface area contributed by atoms with Crippen LogP contribution in [0.4, 0.5) is 0 Å². The predicted molar refractivity (Wildman–Crippen MR) is 69.2 cm³/mol. The van der Waals surface area contributed by atoms with Gasteiger partial charge >= 0.3 is 0 Å². The Morgan fingerprint density at radius 3 is 2.19 bits per heavy atom. The lowest BCUT2D eigenvalue weighted by atomic mass is 10.1. The van der Waals surface area contributed by atoms with E-state index in [0.717, 1.165) is 38.8 Å². The Kier molecular flexibility index (Phi) is 8.91. The van der Waals surface area contributed by atoms with Gasteiger partial charge in [0.2, 0.25) is 5.91 Å². The molecule has 0 saturated heterocycles. The molecule has 0 spiro atoms. The van der Waals surface area contributed by atoms with Crippen molar-refractivity contribution in [2.75, 3.05) is 13.1 Å². The number of carbonyl (C=O) groups is 1. The first-order valence-electron chi connectivity index (χ1n) is 6.32. The normalized spacial score (nSPS) is 12.2. The summed E-state index contributed by atoms with van der Waals surface area (Å²) < 4.78 is 0. The highest BCUT2D eigenvalue weighted by Gasteiger charge is 2.18. The van der Waals surface area contributed by atoms with Crippen LogP contribution in [0.1, 0.15) is 46.0 Å². The Labute approximate surface area is 99.7 Å². The van der Waals surface area contributed by atoms with Crippen molar-refractivity contribution in [1.29, 1.82) is 0 Å². The fourth-order valence-electron chi connectivity index (χ4n) is 1.55. The number of nitrogens with two attached hydrogens (primary N) is 1. The summed E-state index contributed by atoms with van der Waals surface area (Å²) in [5.74, 6) is 0.0711. The summed E-state index contributed by atoms with van der Waals surface area (Å²) in [5, 5.41) is 0. The van der Waals surface area contributed by atoms with E-state index in [4.69, 9.17) is 5.73 Å². The van der Waals surface area contributed by atoms with Crippen LogP contribution in [0.5, 0.6) is 0 Å². The molecule has 1 unspecified atom stereocenters. The monoisotopic (exact) mass is 226 g/mol. The summed E-state index contributed by atoms with van der Waals surface area (Å²) in [4.78, 5) is 13.9. The van der Waals surface area contributed by atoms with E-state index in [1.807, 2.05) is 4.90 Å². The molecule has 3 heteroatoms. The van der Waals surface area contributed by atoms with Crippen molar-refractivity contribution >= 4 is 5.91 Å². The van der Waals surface area contributed by atoms with Gasteiger partial charge in [-0.3, -0.25) is 4.79 Å². The maximum Gasteiger partial charge on any atom is 0.239 e. The minimum Gasteiger partial charge on any atom is -0.341 e. The van der Waals surface area contributed by atoms with E-state index in [0.29, 0.717) is 6.42 Å². The van der Waals surface area contributed by atoms with Crippen molar-refractivity contribution in [2.24, 2.45) is 5.73 Å².